The second-order valence-electron chi connectivity index (χ2n) is 5.25. The number of fused-ring (bicyclic) bond motifs is 3. The molecule has 0 aliphatic carbocycles. The maximum atomic E-state index is 3.48. The molecule has 104 valence electrons. The Bertz CT molecular complexity index is 890. The van der Waals surface area contributed by atoms with Crippen molar-refractivity contribution in [2.75, 3.05) is 7.05 Å². The summed E-state index contributed by atoms with van der Waals surface area (Å²) in [6.45, 7) is 0. The van der Waals surface area contributed by atoms with Crippen LogP contribution in [0.15, 0.2) is 59.3 Å². The molecule has 2 aromatic heterocycles. The van der Waals surface area contributed by atoms with Crippen molar-refractivity contribution < 1.29 is 0 Å². The van der Waals surface area contributed by atoms with Crippen LogP contribution < -0.4 is 5.32 Å². The molecular formula is C18H16N2S. The molecule has 21 heavy (non-hydrogen) atoms. The van der Waals surface area contributed by atoms with Gasteiger partial charge in [-0.15, -0.1) is 0 Å². The van der Waals surface area contributed by atoms with E-state index in [0.29, 0.717) is 0 Å². The van der Waals surface area contributed by atoms with Gasteiger partial charge in [0.2, 0.25) is 0 Å². The Kier molecular flexibility index (Phi) is 3.02. The van der Waals surface area contributed by atoms with E-state index in [1.165, 1.54) is 32.9 Å². The van der Waals surface area contributed by atoms with Crippen molar-refractivity contribution in [2.45, 2.75) is 6.04 Å². The topological polar surface area (TPSA) is 27.8 Å². The number of hydrogen-bond acceptors (Lipinski definition) is 2. The fourth-order valence-corrected chi connectivity index (χ4v) is 3.70. The van der Waals surface area contributed by atoms with Crippen LogP contribution in [0.25, 0.3) is 21.8 Å². The zero-order valence-electron chi connectivity index (χ0n) is 11.8. The van der Waals surface area contributed by atoms with E-state index in [-0.39, 0.29) is 6.04 Å². The van der Waals surface area contributed by atoms with Crippen molar-refractivity contribution >= 4 is 33.1 Å². The van der Waals surface area contributed by atoms with E-state index in [0.717, 1.165) is 0 Å². The lowest BCUT2D eigenvalue weighted by molar-refractivity contribution is 0.695. The van der Waals surface area contributed by atoms with Crippen molar-refractivity contribution in [3.8, 4) is 0 Å². The van der Waals surface area contributed by atoms with E-state index in [1.807, 2.05) is 7.05 Å². The first kappa shape index (κ1) is 12.6. The van der Waals surface area contributed by atoms with Crippen LogP contribution in [0.4, 0.5) is 0 Å². The van der Waals surface area contributed by atoms with Gasteiger partial charge in [-0.25, -0.2) is 0 Å². The number of nitrogens with one attached hydrogen (secondary N) is 2. The summed E-state index contributed by atoms with van der Waals surface area (Å²) in [5.74, 6) is 0. The molecule has 4 rings (SSSR count). The van der Waals surface area contributed by atoms with E-state index in [2.05, 4.69) is 69.6 Å². The number of aromatic nitrogens is 1. The summed E-state index contributed by atoms with van der Waals surface area (Å²) in [6.07, 6.45) is 0. The summed E-state index contributed by atoms with van der Waals surface area (Å²) in [7, 11) is 2.02. The molecule has 1 atom stereocenters. The Hall–Kier alpha value is -2.10. The number of hydrogen-bond donors (Lipinski definition) is 2. The van der Waals surface area contributed by atoms with Crippen LogP contribution in [0.1, 0.15) is 17.2 Å². The van der Waals surface area contributed by atoms with E-state index in [1.54, 1.807) is 11.3 Å². The number of benzene rings is 2. The molecule has 0 saturated heterocycles. The quantitative estimate of drug-likeness (QED) is 0.563. The summed E-state index contributed by atoms with van der Waals surface area (Å²) in [5.41, 5.74) is 5.01. The molecule has 1 unspecified atom stereocenters. The Morgan fingerprint density at radius 1 is 0.952 bits per heavy atom. The number of H-pyrrole nitrogens is 1. The van der Waals surface area contributed by atoms with E-state index >= 15 is 0 Å². The Morgan fingerprint density at radius 3 is 2.62 bits per heavy atom. The normalized spacial score (nSPS) is 13.0. The van der Waals surface area contributed by atoms with Gasteiger partial charge in [0.05, 0.1) is 6.04 Å². The maximum absolute atomic E-state index is 3.48. The van der Waals surface area contributed by atoms with Gasteiger partial charge < -0.3 is 10.3 Å². The molecule has 0 aliphatic rings. The SMILES string of the molecule is CNC(c1ccsc1)c1ccc2[nH]c3ccccc3c2c1. The van der Waals surface area contributed by atoms with Crippen LogP contribution in [0, 0.1) is 0 Å². The zero-order chi connectivity index (χ0) is 14.2. The van der Waals surface area contributed by atoms with Crippen molar-refractivity contribution in [3.05, 3.63) is 70.4 Å². The average Bonchev–Trinajstić information content (AvgIpc) is 3.15. The fraction of sp³-hybridized carbons (Fsp3) is 0.111. The molecule has 2 aromatic carbocycles. The van der Waals surface area contributed by atoms with Gasteiger partial charge in [0.1, 0.15) is 0 Å². The smallest absolute Gasteiger partial charge is 0.0582 e. The lowest BCUT2D eigenvalue weighted by Gasteiger charge is -2.15. The van der Waals surface area contributed by atoms with Gasteiger partial charge in [0.25, 0.3) is 0 Å². The molecule has 0 saturated carbocycles. The number of thiophene rings is 1. The van der Waals surface area contributed by atoms with E-state index in [4.69, 9.17) is 0 Å². The minimum absolute atomic E-state index is 0.245. The van der Waals surface area contributed by atoms with E-state index < -0.39 is 0 Å². The van der Waals surface area contributed by atoms with Crippen molar-refractivity contribution in [1.29, 1.82) is 0 Å². The van der Waals surface area contributed by atoms with Gasteiger partial charge >= 0.3 is 0 Å². The van der Waals surface area contributed by atoms with Crippen LogP contribution in [-0.2, 0) is 0 Å². The third kappa shape index (κ3) is 2.06. The van der Waals surface area contributed by atoms with Crippen molar-refractivity contribution in [2.24, 2.45) is 0 Å². The molecule has 2 N–H and O–H groups in total. The van der Waals surface area contributed by atoms with Crippen LogP contribution in [0.3, 0.4) is 0 Å². The molecule has 2 heterocycles. The first-order chi connectivity index (χ1) is 10.4. The second-order valence-corrected chi connectivity index (χ2v) is 6.03. The first-order valence-electron chi connectivity index (χ1n) is 7.06. The lowest BCUT2D eigenvalue weighted by Crippen LogP contribution is -2.16. The summed E-state index contributed by atoms with van der Waals surface area (Å²) >= 11 is 1.74. The highest BCUT2D eigenvalue weighted by Gasteiger charge is 2.14. The molecular weight excluding hydrogens is 276 g/mol. The van der Waals surface area contributed by atoms with Crippen molar-refractivity contribution in [3.63, 3.8) is 0 Å². The van der Waals surface area contributed by atoms with Gasteiger partial charge in [-0.1, -0.05) is 24.3 Å². The monoisotopic (exact) mass is 292 g/mol. The third-order valence-electron chi connectivity index (χ3n) is 4.03. The lowest BCUT2D eigenvalue weighted by atomic mass is 9.99. The zero-order valence-corrected chi connectivity index (χ0v) is 12.6. The second kappa shape index (κ2) is 5.02. The molecule has 0 radical (unpaired) electrons. The van der Waals surface area contributed by atoms with Gasteiger partial charge in [-0.3, -0.25) is 0 Å². The van der Waals surface area contributed by atoms with Crippen LogP contribution in [-0.4, -0.2) is 12.0 Å². The summed E-state index contributed by atoms with van der Waals surface area (Å²) < 4.78 is 0. The predicted octanol–water partition coefficient (Wildman–Crippen LogP) is 4.69. The van der Waals surface area contributed by atoms with Crippen LogP contribution in [0.2, 0.25) is 0 Å². The number of rotatable bonds is 3. The highest BCUT2D eigenvalue weighted by molar-refractivity contribution is 7.08. The highest BCUT2D eigenvalue weighted by atomic mass is 32.1. The van der Waals surface area contributed by atoms with Crippen molar-refractivity contribution in [1.82, 2.24) is 10.3 Å². The largest absolute Gasteiger partial charge is 0.355 e. The highest BCUT2D eigenvalue weighted by Crippen LogP contribution is 2.30. The molecule has 3 heteroatoms. The molecule has 4 aromatic rings. The van der Waals surface area contributed by atoms with Gasteiger partial charge in [0, 0.05) is 21.8 Å². The standard InChI is InChI=1S/C18H16N2S/c1-19-18(13-8-9-21-11-13)12-6-7-17-15(10-12)14-4-2-3-5-16(14)20-17/h2-11,18-20H,1H3. The number of para-hydroxylation sites is 1. The number of aromatic amines is 1. The van der Waals surface area contributed by atoms with Gasteiger partial charge in [-0.05, 0) is 53.2 Å². The Morgan fingerprint density at radius 2 is 1.81 bits per heavy atom. The third-order valence-corrected chi connectivity index (χ3v) is 4.73. The molecule has 2 nitrogen and oxygen atoms in total. The summed E-state index contributed by atoms with van der Waals surface area (Å²) in [6, 6.07) is 17.6. The summed E-state index contributed by atoms with van der Waals surface area (Å²) in [5, 5.41) is 10.3. The van der Waals surface area contributed by atoms with Gasteiger partial charge in [-0.2, -0.15) is 11.3 Å². The molecule has 0 fully saturated rings. The maximum Gasteiger partial charge on any atom is 0.0582 e. The minimum atomic E-state index is 0.245. The fourth-order valence-electron chi connectivity index (χ4n) is 3.01. The van der Waals surface area contributed by atoms with Crippen LogP contribution >= 0.6 is 11.3 Å². The molecule has 0 amide bonds. The average molecular weight is 292 g/mol. The molecule has 0 bridgehead atoms. The molecule has 0 spiro atoms. The van der Waals surface area contributed by atoms with Gasteiger partial charge in [0.15, 0.2) is 0 Å². The minimum Gasteiger partial charge on any atom is -0.355 e. The molecule has 0 aliphatic heterocycles. The van der Waals surface area contributed by atoms with E-state index in [9.17, 15) is 0 Å². The Labute approximate surface area is 127 Å². The summed E-state index contributed by atoms with van der Waals surface area (Å²) in [4.78, 5) is 3.48. The predicted molar refractivity (Wildman–Crippen MR) is 91.0 cm³/mol. The first-order valence-corrected chi connectivity index (χ1v) is 8.01. The van der Waals surface area contributed by atoms with Crippen LogP contribution in [0.5, 0.6) is 0 Å². The Balaban J connectivity index is 1.91.